The van der Waals surface area contributed by atoms with Gasteiger partial charge in [0.2, 0.25) is 0 Å². The van der Waals surface area contributed by atoms with Gasteiger partial charge in [-0.1, -0.05) is 23.7 Å². The van der Waals surface area contributed by atoms with Crippen LogP contribution in [0.4, 0.5) is 5.69 Å². The van der Waals surface area contributed by atoms with Crippen molar-refractivity contribution in [1.29, 1.82) is 0 Å². The van der Waals surface area contributed by atoms with Gasteiger partial charge in [-0.2, -0.15) is 0 Å². The number of halogens is 1. The number of nitrogens with zero attached hydrogens (tertiary/aromatic N) is 1. The molecule has 4 heteroatoms. The number of hydrogen-bond acceptors (Lipinski definition) is 2. The third-order valence-corrected chi connectivity index (χ3v) is 2.59. The maximum atomic E-state index is 11.9. The Morgan fingerprint density at radius 3 is 2.88 bits per heavy atom. The highest BCUT2D eigenvalue weighted by molar-refractivity contribution is 6.34. The summed E-state index contributed by atoms with van der Waals surface area (Å²) in [5, 5.41) is 3.13. The highest BCUT2D eigenvalue weighted by atomic mass is 35.5. The smallest absolute Gasteiger partial charge is 0.257 e. The minimum absolute atomic E-state index is 0.233. The zero-order chi connectivity index (χ0) is 12.3. The largest absolute Gasteiger partial charge is 0.322 e. The van der Waals surface area contributed by atoms with E-state index in [1.807, 2.05) is 31.2 Å². The minimum Gasteiger partial charge on any atom is -0.322 e. The summed E-state index contributed by atoms with van der Waals surface area (Å²) >= 11 is 5.89. The van der Waals surface area contributed by atoms with Crippen molar-refractivity contribution >= 4 is 23.2 Å². The Morgan fingerprint density at radius 1 is 1.35 bits per heavy atom. The van der Waals surface area contributed by atoms with Crippen LogP contribution < -0.4 is 5.32 Å². The van der Waals surface area contributed by atoms with Crippen molar-refractivity contribution in [2.45, 2.75) is 6.92 Å². The van der Waals surface area contributed by atoms with Crippen LogP contribution >= 0.6 is 11.6 Å². The standard InChI is InChI=1S/C13H11ClN2O/c1-9-3-2-4-10(7-9)16-13(17)11-5-6-15-8-12(11)14/h2-8H,1H3,(H,16,17). The summed E-state index contributed by atoms with van der Waals surface area (Å²) in [4.78, 5) is 15.8. The first-order valence-electron chi connectivity index (χ1n) is 5.14. The van der Waals surface area contributed by atoms with E-state index >= 15 is 0 Å². The molecule has 0 saturated heterocycles. The summed E-state index contributed by atoms with van der Waals surface area (Å²) in [6.45, 7) is 1.97. The number of nitrogens with one attached hydrogen (secondary N) is 1. The van der Waals surface area contributed by atoms with Crippen molar-refractivity contribution < 1.29 is 4.79 Å². The van der Waals surface area contributed by atoms with Gasteiger partial charge in [0.1, 0.15) is 0 Å². The Hall–Kier alpha value is -1.87. The topological polar surface area (TPSA) is 42.0 Å². The summed E-state index contributed by atoms with van der Waals surface area (Å²) in [6.07, 6.45) is 2.99. The van der Waals surface area contributed by atoms with E-state index in [9.17, 15) is 4.79 Å². The molecule has 1 amide bonds. The first-order chi connectivity index (χ1) is 8.16. The van der Waals surface area contributed by atoms with Gasteiger partial charge < -0.3 is 5.32 Å². The van der Waals surface area contributed by atoms with E-state index in [-0.39, 0.29) is 5.91 Å². The average Bonchev–Trinajstić information content (AvgIpc) is 2.29. The number of carbonyl (C=O) groups is 1. The fourth-order valence-corrected chi connectivity index (χ4v) is 1.69. The second-order valence-electron chi connectivity index (χ2n) is 3.68. The van der Waals surface area contributed by atoms with Crippen molar-refractivity contribution in [1.82, 2.24) is 4.98 Å². The molecule has 0 saturated carbocycles. The Balaban J connectivity index is 2.20. The van der Waals surface area contributed by atoms with Crippen LogP contribution in [0.1, 0.15) is 15.9 Å². The van der Waals surface area contributed by atoms with E-state index in [2.05, 4.69) is 10.3 Å². The van der Waals surface area contributed by atoms with Crippen LogP contribution in [0.3, 0.4) is 0 Å². The summed E-state index contributed by atoms with van der Waals surface area (Å²) in [6, 6.07) is 9.18. The first kappa shape index (κ1) is 11.6. The lowest BCUT2D eigenvalue weighted by atomic mass is 10.2. The maximum Gasteiger partial charge on any atom is 0.257 e. The maximum absolute atomic E-state index is 11.9. The normalized spacial score (nSPS) is 10.0. The molecule has 1 aromatic heterocycles. The number of rotatable bonds is 2. The lowest BCUT2D eigenvalue weighted by Gasteiger charge is -2.06. The van der Waals surface area contributed by atoms with Crippen LogP contribution in [-0.4, -0.2) is 10.9 Å². The predicted octanol–water partition coefficient (Wildman–Crippen LogP) is 3.30. The molecule has 0 fully saturated rings. The van der Waals surface area contributed by atoms with Crippen molar-refractivity contribution in [2.75, 3.05) is 5.32 Å². The summed E-state index contributed by atoms with van der Waals surface area (Å²) in [5.74, 6) is -0.233. The van der Waals surface area contributed by atoms with Crippen LogP contribution in [0.15, 0.2) is 42.7 Å². The zero-order valence-corrected chi connectivity index (χ0v) is 10.0. The molecule has 0 aliphatic rings. The molecule has 0 bridgehead atoms. The summed E-state index contributed by atoms with van der Waals surface area (Å²) in [7, 11) is 0. The molecule has 0 spiro atoms. The number of anilines is 1. The zero-order valence-electron chi connectivity index (χ0n) is 9.27. The molecule has 2 aromatic rings. The highest BCUT2D eigenvalue weighted by Gasteiger charge is 2.09. The molecular weight excluding hydrogens is 236 g/mol. The molecule has 0 aliphatic heterocycles. The van der Waals surface area contributed by atoms with E-state index in [1.165, 1.54) is 12.4 Å². The van der Waals surface area contributed by atoms with Gasteiger partial charge in [-0.15, -0.1) is 0 Å². The van der Waals surface area contributed by atoms with Crippen LogP contribution in [0.25, 0.3) is 0 Å². The van der Waals surface area contributed by atoms with Gasteiger partial charge in [-0.25, -0.2) is 0 Å². The summed E-state index contributed by atoms with van der Waals surface area (Å²) in [5.41, 5.74) is 2.26. The molecule has 1 heterocycles. The molecule has 0 unspecified atom stereocenters. The van der Waals surface area contributed by atoms with Crippen LogP contribution in [-0.2, 0) is 0 Å². The van der Waals surface area contributed by atoms with Gasteiger partial charge in [-0.05, 0) is 30.7 Å². The molecule has 0 radical (unpaired) electrons. The number of carbonyl (C=O) groups excluding carboxylic acids is 1. The lowest BCUT2D eigenvalue weighted by Crippen LogP contribution is -2.12. The van der Waals surface area contributed by atoms with Crippen molar-refractivity contribution in [3.8, 4) is 0 Å². The first-order valence-corrected chi connectivity index (χ1v) is 5.52. The van der Waals surface area contributed by atoms with Gasteiger partial charge in [0.15, 0.2) is 0 Å². The van der Waals surface area contributed by atoms with Crippen LogP contribution in [0, 0.1) is 6.92 Å². The van der Waals surface area contributed by atoms with Gasteiger partial charge in [-0.3, -0.25) is 9.78 Å². The van der Waals surface area contributed by atoms with Crippen molar-refractivity contribution in [3.05, 3.63) is 58.9 Å². The van der Waals surface area contributed by atoms with E-state index in [0.29, 0.717) is 10.6 Å². The third kappa shape index (κ3) is 2.82. The lowest BCUT2D eigenvalue weighted by molar-refractivity contribution is 0.102. The van der Waals surface area contributed by atoms with Crippen molar-refractivity contribution in [3.63, 3.8) is 0 Å². The SMILES string of the molecule is Cc1cccc(NC(=O)c2ccncc2Cl)c1. The van der Waals surface area contributed by atoms with E-state index in [0.717, 1.165) is 11.3 Å². The monoisotopic (exact) mass is 246 g/mol. The van der Waals surface area contributed by atoms with Crippen LogP contribution in [0.2, 0.25) is 5.02 Å². The molecule has 0 aliphatic carbocycles. The Kier molecular flexibility index (Phi) is 3.40. The Bertz CT molecular complexity index is 555. The second kappa shape index (κ2) is 4.97. The second-order valence-corrected chi connectivity index (χ2v) is 4.09. The molecule has 0 atom stereocenters. The van der Waals surface area contributed by atoms with Gasteiger partial charge in [0, 0.05) is 18.1 Å². The molecular formula is C13H11ClN2O. The van der Waals surface area contributed by atoms with Gasteiger partial charge in [0.25, 0.3) is 5.91 Å². The summed E-state index contributed by atoms with van der Waals surface area (Å²) < 4.78 is 0. The van der Waals surface area contributed by atoms with Gasteiger partial charge >= 0.3 is 0 Å². The number of hydrogen-bond donors (Lipinski definition) is 1. The quantitative estimate of drug-likeness (QED) is 0.884. The molecule has 17 heavy (non-hydrogen) atoms. The van der Waals surface area contributed by atoms with E-state index in [1.54, 1.807) is 6.07 Å². The average molecular weight is 247 g/mol. The van der Waals surface area contributed by atoms with E-state index < -0.39 is 0 Å². The van der Waals surface area contributed by atoms with Crippen LogP contribution in [0.5, 0.6) is 0 Å². The Morgan fingerprint density at radius 2 is 2.18 bits per heavy atom. The third-order valence-electron chi connectivity index (χ3n) is 2.29. The van der Waals surface area contributed by atoms with E-state index in [4.69, 9.17) is 11.6 Å². The Labute approximate surface area is 104 Å². The molecule has 1 N–H and O–H groups in total. The predicted molar refractivity (Wildman–Crippen MR) is 68.4 cm³/mol. The molecule has 2 rings (SSSR count). The highest BCUT2D eigenvalue weighted by Crippen LogP contribution is 2.16. The van der Waals surface area contributed by atoms with Crippen molar-refractivity contribution in [2.24, 2.45) is 0 Å². The van der Waals surface area contributed by atoms with Gasteiger partial charge in [0.05, 0.1) is 10.6 Å². The molecule has 1 aromatic carbocycles. The number of amides is 1. The number of pyridine rings is 1. The minimum atomic E-state index is -0.233. The fraction of sp³-hybridized carbons (Fsp3) is 0.0769. The molecule has 86 valence electrons. The number of aryl methyl sites for hydroxylation is 1. The number of benzene rings is 1. The fourth-order valence-electron chi connectivity index (χ4n) is 1.48. The number of aromatic nitrogens is 1. The molecule has 3 nitrogen and oxygen atoms in total.